The lowest BCUT2D eigenvalue weighted by atomic mass is 10.0. The number of aryl methyl sites for hydroxylation is 2. The molecule has 1 aliphatic heterocycles. The summed E-state index contributed by atoms with van der Waals surface area (Å²) in [6.45, 7) is 5.29. The molecule has 0 aliphatic carbocycles. The van der Waals surface area contributed by atoms with Gasteiger partial charge in [0.15, 0.2) is 0 Å². The SMILES string of the molecule is Cc1ccc(Cn2c(-c3ccc(C(=O)N4CCCCC4)cc3)cc(C(F)(F)F)c(N)c2=O)c(C)c1. The van der Waals surface area contributed by atoms with Gasteiger partial charge in [-0.2, -0.15) is 13.2 Å². The minimum atomic E-state index is -4.78. The number of hydrogen-bond donors (Lipinski definition) is 1. The van der Waals surface area contributed by atoms with Gasteiger partial charge in [0, 0.05) is 18.7 Å². The first-order chi connectivity index (χ1) is 16.6. The molecule has 0 atom stereocenters. The van der Waals surface area contributed by atoms with Crippen molar-refractivity contribution in [1.82, 2.24) is 9.47 Å². The molecular formula is C27H28F3N3O2. The normalized spacial score (nSPS) is 14.3. The fraction of sp³-hybridized carbons (Fsp3) is 0.333. The second kappa shape index (κ2) is 9.60. The van der Waals surface area contributed by atoms with E-state index >= 15 is 0 Å². The summed E-state index contributed by atoms with van der Waals surface area (Å²) < 4.78 is 42.3. The summed E-state index contributed by atoms with van der Waals surface area (Å²) in [4.78, 5) is 27.7. The van der Waals surface area contributed by atoms with Crippen LogP contribution in [0.1, 0.15) is 51.9 Å². The Morgan fingerprint density at radius 2 is 1.63 bits per heavy atom. The van der Waals surface area contributed by atoms with E-state index in [1.54, 1.807) is 29.2 Å². The first-order valence-corrected chi connectivity index (χ1v) is 11.6. The van der Waals surface area contributed by atoms with Crippen LogP contribution in [0.4, 0.5) is 18.9 Å². The molecule has 2 heterocycles. The van der Waals surface area contributed by atoms with Gasteiger partial charge in [-0.05, 0) is 68.0 Å². The first kappa shape index (κ1) is 24.6. The van der Waals surface area contributed by atoms with Gasteiger partial charge in [-0.15, -0.1) is 0 Å². The van der Waals surface area contributed by atoms with Crippen molar-refractivity contribution in [2.45, 2.75) is 45.8 Å². The third kappa shape index (κ3) is 5.11. The average molecular weight is 484 g/mol. The van der Waals surface area contributed by atoms with E-state index in [9.17, 15) is 22.8 Å². The predicted molar refractivity (Wildman–Crippen MR) is 130 cm³/mol. The molecule has 1 fully saturated rings. The molecule has 0 spiro atoms. The third-order valence-electron chi connectivity index (χ3n) is 6.54. The van der Waals surface area contributed by atoms with Crippen LogP contribution in [-0.2, 0) is 12.7 Å². The number of carbonyl (C=O) groups excluding carboxylic acids is 1. The van der Waals surface area contributed by atoms with Gasteiger partial charge in [-0.1, -0.05) is 35.9 Å². The summed E-state index contributed by atoms with van der Waals surface area (Å²) in [7, 11) is 0. The smallest absolute Gasteiger partial charge is 0.394 e. The molecule has 0 radical (unpaired) electrons. The first-order valence-electron chi connectivity index (χ1n) is 11.6. The van der Waals surface area contributed by atoms with Gasteiger partial charge in [0.05, 0.1) is 17.8 Å². The van der Waals surface area contributed by atoms with Gasteiger partial charge in [0.2, 0.25) is 0 Å². The minimum Gasteiger partial charge on any atom is -0.394 e. The number of carbonyl (C=O) groups is 1. The van der Waals surface area contributed by atoms with Crippen LogP contribution in [0.5, 0.6) is 0 Å². The molecule has 4 rings (SSSR count). The number of halogens is 3. The Morgan fingerprint density at radius 1 is 0.971 bits per heavy atom. The molecule has 35 heavy (non-hydrogen) atoms. The maximum atomic E-state index is 13.7. The number of alkyl halides is 3. The number of benzene rings is 2. The Bertz CT molecular complexity index is 1300. The number of hydrogen-bond acceptors (Lipinski definition) is 3. The Hall–Kier alpha value is -3.55. The molecule has 1 aliphatic rings. The van der Waals surface area contributed by atoms with Crippen LogP contribution in [0.25, 0.3) is 11.3 Å². The highest BCUT2D eigenvalue weighted by molar-refractivity contribution is 5.94. The van der Waals surface area contributed by atoms with Crippen molar-refractivity contribution >= 4 is 11.6 Å². The number of nitrogen functional groups attached to an aromatic ring is 1. The zero-order valence-corrected chi connectivity index (χ0v) is 19.8. The quantitative estimate of drug-likeness (QED) is 0.540. The van der Waals surface area contributed by atoms with Gasteiger partial charge in [0.25, 0.3) is 11.5 Å². The fourth-order valence-electron chi connectivity index (χ4n) is 4.55. The van der Waals surface area contributed by atoms with Crippen LogP contribution in [0.15, 0.2) is 53.3 Å². The summed E-state index contributed by atoms with van der Waals surface area (Å²) in [6, 6.07) is 13.0. The largest absolute Gasteiger partial charge is 0.418 e. The van der Waals surface area contributed by atoms with Crippen molar-refractivity contribution in [2.75, 3.05) is 18.8 Å². The number of anilines is 1. The maximum Gasteiger partial charge on any atom is 0.418 e. The second-order valence-electron chi connectivity index (χ2n) is 9.11. The fourth-order valence-corrected chi connectivity index (χ4v) is 4.55. The van der Waals surface area contributed by atoms with E-state index in [4.69, 9.17) is 5.73 Å². The molecule has 2 aromatic carbocycles. The Morgan fingerprint density at radius 3 is 2.23 bits per heavy atom. The molecule has 1 aromatic heterocycles. The summed E-state index contributed by atoms with van der Waals surface area (Å²) in [6.07, 6.45) is -1.76. The number of nitrogens with two attached hydrogens (primary N) is 1. The monoisotopic (exact) mass is 483 g/mol. The van der Waals surface area contributed by atoms with Crippen LogP contribution < -0.4 is 11.3 Å². The van der Waals surface area contributed by atoms with E-state index < -0.39 is 23.0 Å². The van der Waals surface area contributed by atoms with Crippen LogP contribution in [0.3, 0.4) is 0 Å². The summed E-state index contributed by atoms with van der Waals surface area (Å²) >= 11 is 0. The van der Waals surface area contributed by atoms with Crippen molar-refractivity contribution in [3.63, 3.8) is 0 Å². The van der Waals surface area contributed by atoms with Gasteiger partial charge < -0.3 is 15.2 Å². The topological polar surface area (TPSA) is 68.3 Å². The molecule has 184 valence electrons. The Labute approximate surface area is 202 Å². The molecule has 1 saturated heterocycles. The number of likely N-dealkylation sites (tertiary alicyclic amines) is 1. The standard InChI is InChI=1S/C27H28F3N3O2/c1-17-6-7-21(18(2)14-17)16-33-23(15-22(27(28,29)30)24(31)26(33)35)19-8-10-20(11-9-19)25(34)32-12-4-3-5-13-32/h6-11,14-15H,3-5,12-13,16,31H2,1-2H3. The van der Waals surface area contributed by atoms with Crippen LogP contribution in [-0.4, -0.2) is 28.5 Å². The van der Waals surface area contributed by atoms with Gasteiger partial charge in [0.1, 0.15) is 5.69 Å². The van der Waals surface area contributed by atoms with Gasteiger partial charge in [-0.3, -0.25) is 9.59 Å². The van der Waals surface area contributed by atoms with E-state index in [-0.39, 0.29) is 18.1 Å². The molecule has 8 heteroatoms. The molecule has 2 N–H and O–H groups in total. The lowest BCUT2D eigenvalue weighted by Gasteiger charge is -2.26. The highest BCUT2D eigenvalue weighted by Crippen LogP contribution is 2.35. The van der Waals surface area contributed by atoms with E-state index in [1.807, 2.05) is 32.0 Å². The van der Waals surface area contributed by atoms with Crippen LogP contribution >= 0.6 is 0 Å². The van der Waals surface area contributed by atoms with E-state index in [1.165, 1.54) is 4.57 Å². The van der Waals surface area contributed by atoms with E-state index in [0.29, 0.717) is 24.2 Å². The van der Waals surface area contributed by atoms with E-state index in [0.717, 1.165) is 42.0 Å². The predicted octanol–water partition coefficient (Wildman–Crippen LogP) is 5.41. The zero-order chi connectivity index (χ0) is 25.3. The molecule has 0 saturated carbocycles. The minimum absolute atomic E-state index is 0.0665. The molecule has 5 nitrogen and oxygen atoms in total. The number of amides is 1. The lowest BCUT2D eigenvalue weighted by Crippen LogP contribution is -2.35. The van der Waals surface area contributed by atoms with Gasteiger partial charge >= 0.3 is 6.18 Å². The third-order valence-corrected chi connectivity index (χ3v) is 6.54. The van der Waals surface area contributed by atoms with Crippen molar-refractivity contribution < 1.29 is 18.0 Å². The Balaban J connectivity index is 1.79. The second-order valence-corrected chi connectivity index (χ2v) is 9.11. The summed E-state index contributed by atoms with van der Waals surface area (Å²) in [5.41, 5.74) is 6.49. The molecule has 1 amide bonds. The molecule has 3 aromatic rings. The van der Waals surface area contributed by atoms with Crippen molar-refractivity contribution in [3.05, 3.63) is 86.7 Å². The molecule has 0 bridgehead atoms. The average Bonchev–Trinajstić information content (AvgIpc) is 2.83. The van der Waals surface area contributed by atoms with Crippen LogP contribution in [0, 0.1) is 13.8 Å². The molecule has 0 unspecified atom stereocenters. The number of rotatable bonds is 4. The number of nitrogens with zero attached hydrogens (tertiary/aromatic N) is 2. The number of piperidine rings is 1. The van der Waals surface area contributed by atoms with E-state index in [2.05, 4.69) is 0 Å². The van der Waals surface area contributed by atoms with Crippen molar-refractivity contribution in [1.29, 1.82) is 0 Å². The summed E-state index contributed by atoms with van der Waals surface area (Å²) in [5.74, 6) is -0.0998. The lowest BCUT2D eigenvalue weighted by molar-refractivity contribution is -0.137. The highest BCUT2D eigenvalue weighted by Gasteiger charge is 2.35. The van der Waals surface area contributed by atoms with Crippen molar-refractivity contribution in [2.24, 2.45) is 0 Å². The van der Waals surface area contributed by atoms with Crippen molar-refractivity contribution in [3.8, 4) is 11.3 Å². The summed E-state index contributed by atoms with van der Waals surface area (Å²) in [5, 5.41) is 0. The number of aromatic nitrogens is 1. The maximum absolute atomic E-state index is 13.7. The number of pyridine rings is 1. The molecular weight excluding hydrogens is 455 g/mol. The zero-order valence-electron chi connectivity index (χ0n) is 19.8. The highest BCUT2D eigenvalue weighted by atomic mass is 19.4. The van der Waals surface area contributed by atoms with Crippen LogP contribution in [0.2, 0.25) is 0 Å². The Kier molecular flexibility index (Phi) is 6.74. The van der Waals surface area contributed by atoms with Gasteiger partial charge in [-0.25, -0.2) is 0 Å².